The summed E-state index contributed by atoms with van der Waals surface area (Å²) in [6.07, 6.45) is 2.09. The van der Waals surface area contributed by atoms with Crippen LogP contribution in [0.15, 0.2) is 180 Å². The SMILES string of the molecule is CCC1(CC)c2ccccc2-c2ccc(N(c3ccc(-c4ccccc4-c4ccccc4)cc3)c3cccc4c3ccc3c5ccccc5oc43)cc21. The van der Waals surface area contributed by atoms with Gasteiger partial charge in [0, 0.05) is 38.3 Å². The van der Waals surface area contributed by atoms with Gasteiger partial charge in [0.05, 0.1) is 5.69 Å². The average Bonchev–Trinajstić information content (AvgIpc) is 3.75. The third kappa shape index (κ3) is 4.79. The van der Waals surface area contributed by atoms with Crippen molar-refractivity contribution in [1.29, 1.82) is 0 Å². The van der Waals surface area contributed by atoms with E-state index in [0.717, 1.165) is 62.6 Å². The molecule has 1 heterocycles. The van der Waals surface area contributed by atoms with Crippen LogP contribution in [0.2, 0.25) is 0 Å². The van der Waals surface area contributed by atoms with E-state index < -0.39 is 0 Å². The molecule has 0 amide bonds. The Morgan fingerprint density at radius 1 is 0.434 bits per heavy atom. The van der Waals surface area contributed by atoms with Crippen molar-refractivity contribution in [3.05, 3.63) is 187 Å². The fourth-order valence-corrected chi connectivity index (χ4v) is 9.13. The fourth-order valence-electron chi connectivity index (χ4n) is 9.13. The molecule has 0 unspecified atom stereocenters. The highest BCUT2D eigenvalue weighted by Gasteiger charge is 2.40. The normalized spacial score (nSPS) is 13.0. The first-order valence-electron chi connectivity index (χ1n) is 18.8. The third-order valence-corrected chi connectivity index (χ3v) is 11.8. The number of hydrogen-bond donors (Lipinski definition) is 0. The molecule has 1 aromatic heterocycles. The van der Waals surface area contributed by atoms with Gasteiger partial charge in [0.25, 0.3) is 0 Å². The molecule has 8 aromatic carbocycles. The van der Waals surface area contributed by atoms with Crippen molar-refractivity contribution in [3.8, 4) is 33.4 Å². The molecule has 9 aromatic rings. The van der Waals surface area contributed by atoms with E-state index in [0.29, 0.717) is 0 Å². The summed E-state index contributed by atoms with van der Waals surface area (Å²) in [6, 6.07) is 64.1. The maximum absolute atomic E-state index is 6.56. The van der Waals surface area contributed by atoms with Crippen LogP contribution >= 0.6 is 0 Å². The highest BCUT2D eigenvalue weighted by atomic mass is 16.3. The molecular weight excluding hydrogens is 643 g/mol. The minimum atomic E-state index is -0.0300. The van der Waals surface area contributed by atoms with E-state index in [1.807, 2.05) is 6.07 Å². The number of rotatable bonds is 7. The highest BCUT2D eigenvalue weighted by Crippen LogP contribution is 2.54. The Morgan fingerprint density at radius 2 is 1.02 bits per heavy atom. The molecule has 0 atom stereocenters. The van der Waals surface area contributed by atoms with Crippen LogP contribution in [0.5, 0.6) is 0 Å². The van der Waals surface area contributed by atoms with Gasteiger partial charge in [-0.05, 0) is 99.8 Å². The third-order valence-electron chi connectivity index (χ3n) is 11.8. The van der Waals surface area contributed by atoms with Crippen molar-refractivity contribution in [1.82, 2.24) is 0 Å². The smallest absolute Gasteiger partial charge is 0.143 e. The van der Waals surface area contributed by atoms with Gasteiger partial charge in [0.15, 0.2) is 0 Å². The lowest BCUT2D eigenvalue weighted by molar-refractivity contribution is 0.490. The van der Waals surface area contributed by atoms with Gasteiger partial charge in [0.2, 0.25) is 0 Å². The van der Waals surface area contributed by atoms with Crippen molar-refractivity contribution >= 4 is 49.8 Å². The molecule has 0 fully saturated rings. The number of benzene rings is 8. The van der Waals surface area contributed by atoms with E-state index in [1.165, 1.54) is 44.5 Å². The molecule has 0 bridgehead atoms. The molecule has 53 heavy (non-hydrogen) atoms. The quantitative estimate of drug-likeness (QED) is 0.166. The molecule has 0 N–H and O–H groups in total. The number of nitrogens with zero attached hydrogens (tertiary/aromatic N) is 1. The molecule has 0 saturated carbocycles. The predicted octanol–water partition coefficient (Wildman–Crippen LogP) is 14.6. The zero-order valence-corrected chi connectivity index (χ0v) is 30.0. The second-order valence-corrected chi connectivity index (χ2v) is 14.3. The molecule has 1 aliphatic carbocycles. The van der Waals surface area contributed by atoms with Crippen molar-refractivity contribution in [2.24, 2.45) is 0 Å². The summed E-state index contributed by atoms with van der Waals surface area (Å²) in [5, 5.41) is 4.55. The molecular formula is C51H39NO. The van der Waals surface area contributed by atoms with Gasteiger partial charge in [-0.3, -0.25) is 0 Å². The first-order valence-corrected chi connectivity index (χ1v) is 18.8. The minimum Gasteiger partial charge on any atom is -0.455 e. The monoisotopic (exact) mass is 681 g/mol. The Labute approximate surface area is 310 Å². The molecule has 10 rings (SSSR count). The number of para-hydroxylation sites is 1. The van der Waals surface area contributed by atoms with Crippen molar-refractivity contribution < 1.29 is 4.42 Å². The molecule has 0 spiro atoms. The van der Waals surface area contributed by atoms with Crippen LogP contribution in [0, 0.1) is 0 Å². The lowest BCUT2D eigenvalue weighted by Crippen LogP contribution is -2.23. The van der Waals surface area contributed by atoms with E-state index >= 15 is 0 Å². The van der Waals surface area contributed by atoms with Crippen LogP contribution in [-0.4, -0.2) is 0 Å². The van der Waals surface area contributed by atoms with Gasteiger partial charge in [-0.25, -0.2) is 0 Å². The number of anilines is 3. The molecule has 0 radical (unpaired) electrons. The van der Waals surface area contributed by atoms with Crippen LogP contribution in [-0.2, 0) is 5.41 Å². The number of fused-ring (bicyclic) bond motifs is 8. The zero-order chi connectivity index (χ0) is 35.5. The number of furan rings is 1. The largest absolute Gasteiger partial charge is 0.455 e. The van der Waals surface area contributed by atoms with E-state index in [-0.39, 0.29) is 5.41 Å². The van der Waals surface area contributed by atoms with Crippen LogP contribution in [0.4, 0.5) is 17.1 Å². The second kappa shape index (κ2) is 12.4. The van der Waals surface area contributed by atoms with Crippen LogP contribution < -0.4 is 4.90 Å². The van der Waals surface area contributed by atoms with Crippen molar-refractivity contribution in [2.45, 2.75) is 32.1 Å². The minimum absolute atomic E-state index is 0.0300. The van der Waals surface area contributed by atoms with Gasteiger partial charge >= 0.3 is 0 Å². The van der Waals surface area contributed by atoms with E-state index in [9.17, 15) is 0 Å². The van der Waals surface area contributed by atoms with E-state index in [4.69, 9.17) is 4.42 Å². The lowest BCUT2D eigenvalue weighted by Gasteiger charge is -2.32. The summed E-state index contributed by atoms with van der Waals surface area (Å²) in [7, 11) is 0. The summed E-state index contributed by atoms with van der Waals surface area (Å²) >= 11 is 0. The van der Waals surface area contributed by atoms with Crippen LogP contribution in [0.25, 0.3) is 66.1 Å². The maximum atomic E-state index is 6.56. The summed E-state index contributed by atoms with van der Waals surface area (Å²) < 4.78 is 6.56. The summed E-state index contributed by atoms with van der Waals surface area (Å²) in [5.41, 5.74) is 15.6. The van der Waals surface area contributed by atoms with Gasteiger partial charge in [-0.1, -0.05) is 147 Å². The van der Waals surface area contributed by atoms with Gasteiger partial charge in [0.1, 0.15) is 11.2 Å². The first kappa shape index (κ1) is 31.4. The van der Waals surface area contributed by atoms with Gasteiger partial charge in [-0.2, -0.15) is 0 Å². The zero-order valence-electron chi connectivity index (χ0n) is 30.0. The fraction of sp³-hybridized carbons (Fsp3) is 0.0980. The molecule has 254 valence electrons. The molecule has 0 aliphatic heterocycles. The first-order chi connectivity index (χ1) is 26.2. The lowest BCUT2D eigenvalue weighted by atomic mass is 9.74. The highest BCUT2D eigenvalue weighted by molar-refractivity contribution is 6.17. The Balaban J connectivity index is 1.18. The molecule has 2 heteroatoms. The average molecular weight is 682 g/mol. The van der Waals surface area contributed by atoms with Gasteiger partial charge < -0.3 is 9.32 Å². The van der Waals surface area contributed by atoms with E-state index in [1.54, 1.807) is 0 Å². The van der Waals surface area contributed by atoms with Crippen molar-refractivity contribution in [3.63, 3.8) is 0 Å². The number of hydrogen-bond acceptors (Lipinski definition) is 2. The Kier molecular flexibility index (Phi) is 7.33. The van der Waals surface area contributed by atoms with Gasteiger partial charge in [-0.15, -0.1) is 0 Å². The molecule has 0 saturated heterocycles. The van der Waals surface area contributed by atoms with Crippen molar-refractivity contribution in [2.75, 3.05) is 4.90 Å². The Hall–Kier alpha value is -6.38. The summed E-state index contributed by atoms with van der Waals surface area (Å²) in [6.45, 7) is 4.68. The summed E-state index contributed by atoms with van der Waals surface area (Å²) in [5.74, 6) is 0. The molecule has 2 nitrogen and oxygen atoms in total. The Morgan fingerprint density at radius 3 is 1.79 bits per heavy atom. The topological polar surface area (TPSA) is 16.4 Å². The summed E-state index contributed by atoms with van der Waals surface area (Å²) in [4.78, 5) is 2.45. The molecule has 1 aliphatic rings. The Bertz CT molecular complexity index is 2800. The second-order valence-electron chi connectivity index (χ2n) is 14.3. The van der Waals surface area contributed by atoms with Crippen LogP contribution in [0.1, 0.15) is 37.8 Å². The maximum Gasteiger partial charge on any atom is 0.143 e. The van der Waals surface area contributed by atoms with E-state index in [2.05, 4.69) is 189 Å². The standard InChI is InChI=1S/C51H39NO/c1-3-51(4-2)46-22-12-10-19-40(46)41-30-29-37(33-47(41)51)52(36-27-25-35(26-28-36)39-18-9-8-17-38(39)34-15-6-5-7-16-34)48-23-14-21-44-42(48)31-32-45-43-20-11-13-24-49(43)53-50(44)45/h5-33H,3-4H2,1-2H3. The predicted molar refractivity (Wildman–Crippen MR) is 224 cm³/mol. The van der Waals surface area contributed by atoms with Crippen LogP contribution in [0.3, 0.4) is 0 Å².